The number of carbonyl (C=O) groups is 2. The summed E-state index contributed by atoms with van der Waals surface area (Å²) in [6.07, 6.45) is 1.94. The minimum Gasteiger partial charge on any atom is -0.463 e. The Bertz CT molecular complexity index is 549. The molecule has 1 heterocycles. The average molecular weight is 293 g/mol. The first kappa shape index (κ1) is 13.3. The van der Waals surface area contributed by atoms with E-state index in [1.165, 1.54) is 11.9 Å². The molecule has 0 spiro atoms. The zero-order valence-electron chi connectivity index (χ0n) is 10.7. The van der Waals surface area contributed by atoms with Gasteiger partial charge in [-0.05, 0) is 42.8 Å². The highest BCUT2D eigenvalue weighted by Crippen LogP contribution is 2.45. The van der Waals surface area contributed by atoms with Gasteiger partial charge >= 0.3 is 6.09 Å². The summed E-state index contributed by atoms with van der Waals surface area (Å²) in [7, 11) is 0. The number of benzene rings is 1. The molecule has 3 rings (SSSR count). The standard InChI is InChI=1S/C13H15N3O3S/c17-7-9-2-1-3-11(6-9)14-13(10-4-5-10)8-20-16(15-13)12(18)19/h1-3,6-7,10,14-15H,4-5,8H2,(H,18,19). The highest BCUT2D eigenvalue weighted by molar-refractivity contribution is 7.97. The van der Waals surface area contributed by atoms with Gasteiger partial charge in [-0.2, -0.15) is 9.84 Å². The van der Waals surface area contributed by atoms with Crippen molar-refractivity contribution in [1.82, 2.24) is 9.84 Å². The predicted molar refractivity (Wildman–Crippen MR) is 76.4 cm³/mol. The number of anilines is 1. The van der Waals surface area contributed by atoms with E-state index in [1.54, 1.807) is 12.1 Å². The van der Waals surface area contributed by atoms with E-state index in [-0.39, 0.29) is 0 Å². The van der Waals surface area contributed by atoms with Gasteiger partial charge in [0.2, 0.25) is 0 Å². The number of rotatable bonds is 4. The second-order valence-corrected chi connectivity index (χ2v) is 5.99. The van der Waals surface area contributed by atoms with E-state index >= 15 is 0 Å². The Balaban J connectivity index is 1.81. The fourth-order valence-electron chi connectivity index (χ4n) is 2.41. The van der Waals surface area contributed by atoms with Gasteiger partial charge in [-0.15, -0.1) is 0 Å². The Kier molecular flexibility index (Phi) is 3.31. The van der Waals surface area contributed by atoms with Gasteiger partial charge in [-0.25, -0.2) is 4.79 Å². The number of amides is 1. The molecule has 1 saturated carbocycles. The number of nitrogens with zero attached hydrogens (tertiary/aromatic N) is 1. The summed E-state index contributed by atoms with van der Waals surface area (Å²) in [5.74, 6) is 1.04. The van der Waals surface area contributed by atoms with Gasteiger partial charge < -0.3 is 10.4 Å². The van der Waals surface area contributed by atoms with Crippen molar-refractivity contribution in [3.8, 4) is 0 Å². The minimum atomic E-state index is -0.999. The molecule has 0 aromatic heterocycles. The Morgan fingerprint density at radius 1 is 1.55 bits per heavy atom. The number of carbonyl (C=O) groups excluding carboxylic acids is 1. The fraction of sp³-hybridized carbons (Fsp3) is 0.385. The summed E-state index contributed by atoms with van der Waals surface area (Å²) in [6.45, 7) is 0. The van der Waals surface area contributed by atoms with Crippen molar-refractivity contribution in [1.29, 1.82) is 0 Å². The molecule has 20 heavy (non-hydrogen) atoms. The molecular weight excluding hydrogens is 278 g/mol. The Morgan fingerprint density at radius 2 is 2.35 bits per heavy atom. The maximum atomic E-state index is 11.1. The SMILES string of the molecule is O=Cc1cccc(NC2(C3CC3)CSN(C(=O)O)N2)c1. The number of hydrogen-bond donors (Lipinski definition) is 3. The predicted octanol–water partition coefficient (Wildman–Crippen LogP) is 2.16. The van der Waals surface area contributed by atoms with E-state index in [0.717, 1.165) is 29.2 Å². The van der Waals surface area contributed by atoms with Crippen LogP contribution in [0.3, 0.4) is 0 Å². The molecule has 1 unspecified atom stereocenters. The summed E-state index contributed by atoms with van der Waals surface area (Å²) in [5, 5.41) is 12.4. The van der Waals surface area contributed by atoms with E-state index in [9.17, 15) is 9.59 Å². The second kappa shape index (κ2) is 4.99. The lowest BCUT2D eigenvalue weighted by Crippen LogP contribution is -2.55. The summed E-state index contributed by atoms with van der Waals surface area (Å²) >= 11 is 1.25. The van der Waals surface area contributed by atoms with E-state index in [2.05, 4.69) is 10.7 Å². The van der Waals surface area contributed by atoms with Gasteiger partial charge in [-0.3, -0.25) is 4.79 Å². The number of aldehydes is 1. The Labute approximate surface area is 120 Å². The molecule has 6 nitrogen and oxygen atoms in total. The zero-order chi connectivity index (χ0) is 14.2. The highest BCUT2D eigenvalue weighted by Gasteiger charge is 2.51. The minimum absolute atomic E-state index is 0.402. The van der Waals surface area contributed by atoms with Gasteiger partial charge in [0.05, 0.1) is 5.75 Å². The van der Waals surface area contributed by atoms with Crippen LogP contribution in [0, 0.1) is 5.92 Å². The largest absolute Gasteiger partial charge is 0.463 e. The Morgan fingerprint density at radius 3 is 2.95 bits per heavy atom. The highest BCUT2D eigenvalue weighted by atomic mass is 32.2. The number of carboxylic acid groups (broad SMARTS) is 1. The quantitative estimate of drug-likeness (QED) is 0.583. The van der Waals surface area contributed by atoms with Crippen LogP contribution in [0.15, 0.2) is 24.3 Å². The third-order valence-corrected chi connectivity index (χ3v) is 4.65. The van der Waals surface area contributed by atoms with Crippen LogP contribution in [0.25, 0.3) is 0 Å². The van der Waals surface area contributed by atoms with Gasteiger partial charge in [0.1, 0.15) is 11.9 Å². The molecule has 1 saturated heterocycles. The van der Waals surface area contributed by atoms with Crippen LogP contribution in [0.2, 0.25) is 0 Å². The van der Waals surface area contributed by atoms with Crippen molar-refractivity contribution >= 4 is 30.0 Å². The van der Waals surface area contributed by atoms with Crippen LogP contribution >= 0.6 is 11.9 Å². The first-order valence-corrected chi connectivity index (χ1v) is 7.34. The third kappa shape index (κ3) is 2.46. The summed E-state index contributed by atoms with van der Waals surface area (Å²) in [4.78, 5) is 21.9. The van der Waals surface area contributed by atoms with Crippen molar-refractivity contribution in [3.05, 3.63) is 29.8 Å². The molecule has 106 valence electrons. The van der Waals surface area contributed by atoms with Gasteiger partial charge in [-0.1, -0.05) is 12.1 Å². The van der Waals surface area contributed by atoms with Gasteiger partial charge in [0.15, 0.2) is 0 Å². The van der Waals surface area contributed by atoms with E-state index in [1.807, 2.05) is 12.1 Å². The van der Waals surface area contributed by atoms with Crippen molar-refractivity contribution < 1.29 is 14.7 Å². The topological polar surface area (TPSA) is 81.7 Å². The number of nitrogens with one attached hydrogen (secondary N) is 2. The van der Waals surface area contributed by atoms with E-state index < -0.39 is 11.8 Å². The lowest BCUT2D eigenvalue weighted by atomic mass is 10.1. The van der Waals surface area contributed by atoms with Crippen LogP contribution in [-0.4, -0.2) is 33.3 Å². The molecule has 1 aliphatic carbocycles. The maximum Gasteiger partial charge on any atom is 0.432 e. The van der Waals surface area contributed by atoms with Gasteiger partial charge in [0.25, 0.3) is 0 Å². The van der Waals surface area contributed by atoms with Crippen LogP contribution in [-0.2, 0) is 0 Å². The molecule has 1 aromatic rings. The molecule has 1 aliphatic heterocycles. The second-order valence-electron chi connectivity index (χ2n) is 5.08. The Hall–Kier alpha value is -1.73. The maximum absolute atomic E-state index is 11.1. The molecule has 1 aromatic carbocycles. The van der Waals surface area contributed by atoms with Crippen molar-refractivity contribution in [3.63, 3.8) is 0 Å². The van der Waals surface area contributed by atoms with Crippen LogP contribution in [0.4, 0.5) is 10.5 Å². The van der Waals surface area contributed by atoms with E-state index in [4.69, 9.17) is 5.11 Å². The molecular formula is C13H15N3O3S. The molecule has 2 fully saturated rings. The molecule has 1 amide bonds. The zero-order valence-corrected chi connectivity index (χ0v) is 11.5. The van der Waals surface area contributed by atoms with Crippen LogP contribution in [0.1, 0.15) is 23.2 Å². The monoisotopic (exact) mass is 293 g/mol. The molecule has 0 bridgehead atoms. The van der Waals surface area contributed by atoms with Crippen molar-refractivity contribution in [2.75, 3.05) is 11.1 Å². The van der Waals surface area contributed by atoms with Crippen molar-refractivity contribution in [2.45, 2.75) is 18.5 Å². The van der Waals surface area contributed by atoms with Crippen LogP contribution < -0.4 is 10.7 Å². The summed E-state index contributed by atoms with van der Waals surface area (Å²) < 4.78 is 1.15. The van der Waals surface area contributed by atoms with E-state index in [0.29, 0.717) is 17.2 Å². The number of hydrogen-bond acceptors (Lipinski definition) is 5. The first-order chi connectivity index (χ1) is 9.63. The summed E-state index contributed by atoms with van der Waals surface area (Å²) in [5.41, 5.74) is 4.02. The molecule has 2 aliphatic rings. The normalized spacial score (nSPS) is 25.5. The van der Waals surface area contributed by atoms with Gasteiger partial charge in [0, 0.05) is 11.3 Å². The number of hydrazine groups is 1. The molecule has 0 radical (unpaired) electrons. The first-order valence-electron chi connectivity index (χ1n) is 6.40. The summed E-state index contributed by atoms with van der Waals surface area (Å²) in [6, 6.07) is 7.20. The molecule has 1 atom stereocenters. The molecule has 3 N–H and O–H groups in total. The third-order valence-electron chi connectivity index (χ3n) is 3.56. The lowest BCUT2D eigenvalue weighted by molar-refractivity contribution is 0.112. The smallest absolute Gasteiger partial charge is 0.432 e. The lowest BCUT2D eigenvalue weighted by Gasteiger charge is -2.31. The molecule has 7 heteroatoms. The average Bonchev–Trinajstić information content (AvgIpc) is 3.22. The van der Waals surface area contributed by atoms with Crippen molar-refractivity contribution in [2.24, 2.45) is 5.92 Å². The fourth-order valence-corrected chi connectivity index (χ4v) is 3.46. The van der Waals surface area contributed by atoms with Crippen LogP contribution in [0.5, 0.6) is 0 Å².